The molecule has 0 radical (unpaired) electrons. The first-order valence-electron chi connectivity index (χ1n) is 9.19. The van der Waals surface area contributed by atoms with Gasteiger partial charge in [0.25, 0.3) is 0 Å². The van der Waals surface area contributed by atoms with Crippen molar-refractivity contribution in [3.05, 3.63) is 35.9 Å². The zero-order valence-electron chi connectivity index (χ0n) is 17.4. The molecule has 0 aliphatic heterocycles. The van der Waals surface area contributed by atoms with Gasteiger partial charge in [-0.25, -0.2) is 0 Å². The standard InChI is InChI=1S/C21H36O2Si2/c1-20(2,3)25(7,8)23-18-12-16-21(22,24(4,5)6)17-15-19-13-10-9-11-14-19/h9-11,13-14,22H,15,17-18H2,1-8H3. The highest BCUT2D eigenvalue weighted by atomic mass is 28.4. The van der Waals surface area contributed by atoms with Crippen LogP contribution in [0.1, 0.15) is 32.8 Å². The van der Waals surface area contributed by atoms with Crippen molar-refractivity contribution in [2.24, 2.45) is 0 Å². The third-order valence-corrected chi connectivity index (χ3v) is 12.8. The van der Waals surface area contributed by atoms with E-state index in [0.29, 0.717) is 13.0 Å². The molecule has 1 rings (SSSR count). The molecule has 0 heterocycles. The van der Waals surface area contributed by atoms with Gasteiger partial charge in [0.05, 0.1) is 14.7 Å². The van der Waals surface area contributed by atoms with E-state index in [0.717, 1.165) is 6.42 Å². The van der Waals surface area contributed by atoms with Crippen molar-refractivity contribution in [3.8, 4) is 11.8 Å². The third kappa shape index (κ3) is 6.41. The Balaban J connectivity index is 2.80. The first kappa shape index (κ1) is 22.2. The fourth-order valence-electron chi connectivity index (χ4n) is 2.21. The molecule has 0 saturated carbocycles. The van der Waals surface area contributed by atoms with Crippen LogP contribution in [0.5, 0.6) is 0 Å². The smallest absolute Gasteiger partial charge is 0.193 e. The average Bonchev–Trinajstić information content (AvgIpc) is 2.48. The molecular weight excluding hydrogens is 340 g/mol. The third-order valence-electron chi connectivity index (χ3n) is 5.47. The highest BCUT2D eigenvalue weighted by Gasteiger charge is 2.40. The Labute approximate surface area is 157 Å². The summed E-state index contributed by atoms with van der Waals surface area (Å²) in [4.78, 5) is 0. The molecule has 0 amide bonds. The minimum atomic E-state index is -1.86. The summed E-state index contributed by atoms with van der Waals surface area (Å²) in [5, 5.41) is 10.5. The molecule has 0 aliphatic rings. The predicted molar refractivity (Wildman–Crippen MR) is 114 cm³/mol. The Hall–Kier alpha value is -0.866. The molecule has 1 N–H and O–H groups in total. The SMILES string of the molecule is CC(C)(C)[Si](C)(C)OCC#CC(O)(CCc1ccccc1)[Si](C)(C)C. The van der Waals surface area contributed by atoms with Crippen molar-refractivity contribution in [2.75, 3.05) is 6.61 Å². The van der Waals surface area contributed by atoms with Crippen molar-refractivity contribution in [1.29, 1.82) is 0 Å². The zero-order valence-corrected chi connectivity index (χ0v) is 19.4. The fourth-order valence-corrected chi connectivity index (χ4v) is 4.41. The van der Waals surface area contributed by atoms with E-state index in [1.54, 1.807) is 0 Å². The first-order chi connectivity index (χ1) is 11.3. The molecule has 4 heteroatoms. The van der Waals surface area contributed by atoms with Gasteiger partial charge < -0.3 is 9.53 Å². The molecule has 0 saturated heterocycles. The van der Waals surface area contributed by atoms with E-state index in [4.69, 9.17) is 4.43 Å². The molecule has 1 aromatic rings. The van der Waals surface area contributed by atoms with Crippen LogP contribution in [0.25, 0.3) is 0 Å². The number of hydrogen-bond donors (Lipinski definition) is 1. The summed E-state index contributed by atoms with van der Waals surface area (Å²) in [6.07, 6.45) is 1.53. The monoisotopic (exact) mass is 376 g/mol. The average molecular weight is 377 g/mol. The van der Waals surface area contributed by atoms with Crippen molar-refractivity contribution < 1.29 is 9.53 Å². The van der Waals surface area contributed by atoms with Crippen molar-refractivity contribution in [3.63, 3.8) is 0 Å². The lowest BCUT2D eigenvalue weighted by atomic mass is 10.1. The fraction of sp³-hybridized carbons (Fsp3) is 0.619. The Kier molecular flexibility index (Phi) is 7.29. The van der Waals surface area contributed by atoms with Crippen LogP contribution in [0, 0.1) is 11.8 Å². The highest BCUT2D eigenvalue weighted by molar-refractivity contribution is 6.79. The quantitative estimate of drug-likeness (QED) is 0.542. The van der Waals surface area contributed by atoms with E-state index in [-0.39, 0.29) is 5.04 Å². The molecule has 25 heavy (non-hydrogen) atoms. The van der Waals surface area contributed by atoms with E-state index < -0.39 is 21.6 Å². The minimum Gasteiger partial charge on any atom is -0.406 e. The second kappa shape index (κ2) is 8.22. The lowest BCUT2D eigenvalue weighted by Crippen LogP contribution is -2.51. The van der Waals surface area contributed by atoms with Crippen molar-refractivity contribution in [1.82, 2.24) is 0 Å². The van der Waals surface area contributed by atoms with E-state index in [1.807, 2.05) is 18.2 Å². The summed E-state index contributed by atoms with van der Waals surface area (Å²) in [5.41, 5.74) is 1.25. The van der Waals surface area contributed by atoms with Crippen molar-refractivity contribution in [2.45, 2.75) is 76.6 Å². The first-order valence-corrected chi connectivity index (χ1v) is 15.6. The van der Waals surface area contributed by atoms with E-state index in [9.17, 15) is 5.11 Å². The Morgan fingerprint density at radius 3 is 2.04 bits per heavy atom. The van der Waals surface area contributed by atoms with Gasteiger partial charge in [0.1, 0.15) is 5.22 Å². The maximum atomic E-state index is 11.2. The number of benzene rings is 1. The molecule has 1 unspecified atom stereocenters. The van der Waals surface area contributed by atoms with E-state index >= 15 is 0 Å². The topological polar surface area (TPSA) is 29.5 Å². The van der Waals surface area contributed by atoms with Crippen LogP contribution in [0.4, 0.5) is 0 Å². The van der Waals surface area contributed by atoms with Gasteiger partial charge in [0.15, 0.2) is 8.32 Å². The van der Waals surface area contributed by atoms with E-state index in [1.165, 1.54) is 5.56 Å². The molecule has 2 nitrogen and oxygen atoms in total. The number of aryl methyl sites for hydroxylation is 1. The Morgan fingerprint density at radius 2 is 1.56 bits per heavy atom. The van der Waals surface area contributed by atoms with Gasteiger partial charge in [-0.05, 0) is 36.5 Å². The van der Waals surface area contributed by atoms with Gasteiger partial charge in [-0.2, -0.15) is 0 Å². The lowest BCUT2D eigenvalue weighted by Gasteiger charge is -2.36. The van der Waals surface area contributed by atoms with Crippen LogP contribution in [0.2, 0.25) is 37.8 Å². The second-order valence-electron chi connectivity index (χ2n) is 9.45. The normalized spacial score (nSPS) is 15.2. The molecule has 0 bridgehead atoms. The van der Waals surface area contributed by atoms with E-state index in [2.05, 4.69) is 77.5 Å². The lowest BCUT2D eigenvalue weighted by molar-refractivity contribution is 0.165. The number of rotatable bonds is 6. The molecule has 1 aromatic carbocycles. The van der Waals surface area contributed by atoms with Crippen LogP contribution >= 0.6 is 0 Å². The van der Waals surface area contributed by atoms with Crippen LogP contribution in [-0.2, 0) is 10.8 Å². The summed E-state index contributed by atoms with van der Waals surface area (Å²) < 4.78 is 6.13. The highest BCUT2D eigenvalue weighted by Crippen LogP contribution is 2.36. The molecule has 0 aromatic heterocycles. The van der Waals surface area contributed by atoms with Crippen LogP contribution < -0.4 is 0 Å². The van der Waals surface area contributed by atoms with Gasteiger partial charge in [0, 0.05) is 0 Å². The summed E-state index contributed by atoms with van der Waals surface area (Å²) in [6, 6.07) is 10.3. The molecular formula is C21H36O2Si2. The largest absolute Gasteiger partial charge is 0.406 e. The van der Waals surface area contributed by atoms with Gasteiger partial charge in [-0.3, -0.25) is 0 Å². The van der Waals surface area contributed by atoms with Gasteiger partial charge in [-0.1, -0.05) is 82.6 Å². The summed E-state index contributed by atoms with van der Waals surface area (Å²) >= 11 is 0. The summed E-state index contributed by atoms with van der Waals surface area (Å²) in [7, 11) is -3.65. The van der Waals surface area contributed by atoms with Crippen LogP contribution in [0.15, 0.2) is 30.3 Å². The van der Waals surface area contributed by atoms with Gasteiger partial charge in [-0.15, -0.1) is 0 Å². The second-order valence-corrected chi connectivity index (χ2v) is 19.6. The maximum Gasteiger partial charge on any atom is 0.193 e. The number of aliphatic hydroxyl groups is 1. The molecule has 1 atom stereocenters. The van der Waals surface area contributed by atoms with Gasteiger partial charge >= 0.3 is 0 Å². The Morgan fingerprint density at radius 1 is 1.00 bits per heavy atom. The minimum absolute atomic E-state index is 0.178. The molecule has 0 fully saturated rings. The number of hydrogen-bond acceptors (Lipinski definition) is 2. The Bertz CT molecular complexity index is 601. The predicted octanol–water partition coefficient (Wildman–Crippen LogP) is 5.25. The van der Waals surface area contributed by atoms with Crippen LogP contribution in [0.3, 0.4) is 0 Å². The molecule has 140 valence electrons. The summed E-state index contributed by atoms with van der Waals surface area (Å²) in [6.45, 7) is 18.1. The van der Waals surface area contributed by atoms with Crippen LogP contribution in [-0.4, -0.2) is 33.3 Å². The van der Waals surface area contributed by atoms with Gasteiger partial charge in [0.2, 0.25) is 0 Å². The molecule has 0 spiro atoms. The summed E-state index contributed by atoms with van der Waals surface area (Å²) in [5.74, 6) is 6.34. The zero-order chi connectivity index (χ0) is 19.4. The van der Waals surface area contributed by atoms with Crippen molar-refractivity contribution >= 4 is 16.4 Å². The maximum absolute atomic E-state index is 11.2. The molecule has 0 aliphatic carbocycles.